The first kappa shape index (κ1) is 21.9. The summed E-state index contributed by atoms with van der Waals surface area (Å²) in [7, 11) is 0. The Morgan fingerprint density at radius 3 is 2.74 bits per heavy atom. The molecule has 3 aromatic carbocycles. The number of anilines is 1. The standard InChI is InChI=1S/C27H22ClFN4O/c1-17(22-13-20-10-11-23(29)25(28)26(20)32-27(22)34)31-21-9-5-8-19(12-21)24-14-30-16-33(24)15-18-6-3-2-4-7-18/h2-14,16-17,31H,15H2,1H3,(H,32,34)/t17-/m0/s1. The number of hydrogen-bond donors (Lipinski definition) is 2. The van der Waals surface area contributed by atoms with E-state index in [4.69, 9.17) is 11.6 Å². The van der Waals surface area contributed by atoms with Crippen LogP contribution >= 0.6 is 11.6 Å². The zero-order chi connectivity index (χ0) is 23.7. The Bertz CT molecular complexity index is 1530. The maximum absolute atomic E-state index is 13.8. The van der Waals surface area contributed by atoms with Gasteiger partial charge in [-0.25, -0.2) is 9.37 Å². The fourth-order valence-electron chi connectivity index (χ4n) is 4.12. The predicted molar refractivity (Wildman–Crippen MR) is 135 cm³/mol. The molecule has 0 amide bonds. The lowest BCUT2D eigenvalue weighted by molar-refractivity contribution is 0.629. The van der Waals surface area contributed by atoms with Gasteiger partial charge in [-0.1, -0.05) is 54.1 Å². The summed E-state index contributed by atoms with van der Waals surface area (Å²) in [5, 5.41) is 4.00. The highest BCUT2D eigenvalue weighted by Crippen LogP contribution is 2.28. The molecule has 2 N–H and O–H groups in total. The second-order valence-corrected chi connectivity index (χ2v) is 8.60. The van der Waals surface area contributed by atoms with Crippen LogP contribution in [-0.4, -0.2) is 14.5 Å². The number of pyridine rings is 1. The maximum atomic E-state index is 13.8. The Morgan fingerprint density at radius 2 is 1.91 bits per heavy atom. The lowest BCUT2D eigenvalue weighted by atomic mass is 10.1. The number of H-pyrrole nitrogens is 1. The SMILES string of the molecule is C[C@H](Nc1cccc(-c2cncn2Cc2ccccc2)c1)c1cc2ccc(F)c(Cl)c2[nH]c1=O. The zero-order valence-electron chi connectivity index (χ0n) is 18.4. The first-order valence-electron chi connectivity index (χ1n) is 10.9. The quantitative estimate of drug-likeness (QED) is 0.300. The predicted octanol–water partition coefficient (Wildman–Crippen LogP) is 6.41. The minimum Gasteiger partial charge on any atom is -0.378 e. The van der Waals surface area contributed by atoms with E-state index in [1.807, 2.05) is 61.9 Å². The fourth-order valence-corrected chi connectivity index (χ4v) is 4.34. The fraction of sp³-hybridized carbons (Fsp3) is 0.111. The molecule has 0 aliphatic heterocycles. The van der Waals surface area contributed by atoms with Crippen molar-refractivity contribution in [3.8, 4) is 11.3 Å². The summed E-state index contributed by atoms with van der Waals surface area (Å²) in [6.45, 7) is 2.63. The van der Waals surface area contributed by atoms with Crippen molar-refractivity contribution in [1.82, 2.24) is 14.5 Å². The molecular formula is C27H22ClFN4O. The van der Waals surface area contributed by atoms with Crippen LogP contribution in [0.15, 0.2) is 90.1 Å². The van der Waals surface area contributed by atoms with E-state index >= 15 is 0 Å². The molecule has 2 aromatic heterocycles. The lowest BCUT2D eigenvalue weighted by Gasteiger charge is -2.17. The van der Waals surface area contributed by atoms with Crippen LogP contribution in [0, 0.1) is 5.82 Å². The van der Waals surface area contributed by atoms with Gasteiger partial charge < -0.3 is 14.9 Å². The Morgan fingerprint density at radius 1 is 1.09 bits per heavy atom. The van der Waals surface area contributed by atoms with Crippen molar-refractivity contribution < 1.29 is 4.39 Å². The molecule has 0 saturated carbocycles. The summed E-state index contributed by atoms with van der Waals surface area (Å²) in [5.74, 6) is -0.563. The van der Waals surface area contributed by atoms with Gasteiger partial charge in [0.1, 0.15) is 10.8 Å². The zero-order valence-corrected chi connectivity index (χ0v) is 19.2. The third kappa shape index (κ3) is 4.32. The molecule has 0 radical (unpaired) electrons. The van der Waals surface area contributed by atoms with Crippen molar-refractivity contribution in [2.75, 3.05) is 5.32 Å². The number of benzene rings is 3. The molecular weight excluding hydrogens is 451 g/mol. The molecule has 0 bridgehead atoms. The normalized spacial score (nSPS) is 12.1. The Labute approximate surface area is 200 Å². The Kier molecular flexibility index (Phi) is 5.90. The number of imidazole rings is 1. The first-order chi connectivity index (χ1) is 16.5. The lowest BCUT2D eigenvalue weighted by Crippen LogP contribution is -2.19. The molecule has 5 nitrogen and oxygen atoms in total. The van der Waals surface area contributed by atoms with Crippen molar-refractivity contribution in [1.29, 1.82) is 0 Å². The van der Waals surface area contributed by atoms with E-state index in [2.05, 4.69) is 32.0 Å². The third-order valence-electron chi connectivity index (χ3n) is 5.85. The molecule has 0 aliphatic carbocycles. The van der Waals surface area contributed by atoms with E-state index in [0.717, 1.165) is 23.5 Å². The maximum Gasteiger partial charge on any atom is 0.253 e. The molecule has 0 spiro atoms. The molecule has 170 valence electrons. The number of nitrogens with one attached hydrogen (secondary N) is 2. The van der Waals surface area contributed by atoms with Crippen LogP contribution in [0.2, 0.25) is 5.02 Å². The molecule has 2 heterocycles. The number of aromatic nitrogens is 3. The van der Waals surface area contributed by atoms with E-state index in [1.165, 1.54) is 11.6 Å². The van der Waals surface area contributed by atoms with Crippen LogP contribution in [-0.2, 0) is 6.54 Å². The van der Waals surface area contributed by atoms with Gasteiger partial charge in [-0.3, -0.25) is 4.79 Å². The van der Waals surface area contributed by atoms with Crippen LogP contribution in [0.4, 0.5) is 10.1 Å². The number of fused-ring (bicyclic) bond motifs is 1. The van der Waals surface area contributed by atoms with E-state index in [-0.39, 0.29) is 16.6 Å². The van der Waals surface area contributed by atoms with Crippen LogP contribution in [0.1, 0.15) is 24.1 Å². The van der Waals surface area contributed by atoms with Crippen molar-refractivity contribution >= 4 is 28.2 Å². The number of halogens is 2. The first-order valence-corrected chi connectivity index (χ1v) is 11.3. The second kappa shape index (κ2) is 9.15. The molecule has 7 heteroatoms. The van der Waals surface area contributed by atoms with Crippen molar-refractivity contribution in [3.05, 3.63) is 118 Å². The van der Waals surface area contributed by atoms with Gasteiger partial charge in [0.05, 0.1) is 29.8 Å². The summed E-state index contributed by atoms with van der Waals surface area (Å²) in [5.41, 5.74) is 4.61. The monoisotopic (exact) mass is 472 g/mol. The molecule has 34 heavy (non-hydrogen) atoms. The van der Waals surface area contributed by atoms with Crippen molar-refractivity contribution in [2.24, 2.45) is 0 Å². The second-order valence-electron chi connectivity index (χ2n) is 8.22. The van der Waals surface area contributed by atoms with Gasteiger partial charge >= 0.3 is 0 Å². The highest BCUT2D eigenvalue weighted by atomic mass is 35.5. The van der Waals surface area contributed by atoms with Gasteiger partial charge in [-0.2, -0.15) is 0 Å². The molecule has 0 fully saturated rings. The average molecular weight is 473 g/mol. The largest absolute Gasteiger partial charge is 0.378 e. The van der Waals surface area contributed by atoms with Crippen LogP contribution in [0.25, 0.3) is 22.2 Å². The summed E-state index contributed by atoms with van der Waals surface area (Å²) in [6, 6.07) is 22.6. The van der Waals surface area contributed by atoms with E-state index in [9.17, 15) is 9.18 Å². The molecule has 0 aliphatic rings. The third-order valence-corrected chi connectivity index (χ3v) is 6.22. The Hall–Kier alpha value is -3.90. The van der Waals surface area contributed by atoms with Gasteiger partial charge in [0.2, 0.25) is 0 Å². The molecule has 5 aromatic rings. The van der Waals surface area contributed by atoms with E-state index in [0.29, 0.717) is 16.5 Å². The van der Waals surface area contributed by atoms with Crippen molar-refractivity contribution in [3.63, 3.8) is 0 Å². The topological polar surface area (TPSA) is 62.7 Å². The molecule has 5 rings (SSSR count). The molecule has 0 saturated heterocycles. The van der Waals surface area contributed by atoms with Gasteiger partial charge in [-0.05, 0) is 42.8 Å². The average Bonchev–Trinajstić information content (AvgIpc) is 3.30. The minimum atomic E-state index is -0.563. The van der Waals surface area contributed by atoms with Crippen LogP contribution in [0.5, 0.6) is 0 Å². The van der Waals surface area contributed by atoms with Gasteiger partial charge in [0, 0.05) is 28.7 Å². The molecule has 0 unspecified atom stereocenters. The van der Waals surface area contributed by atoms with Crippen LogP contribution in [0.3, 0.4) is 0 Å². The minimum absolute atomic E-state index is 0.0819. The number of aromatic amines is 1. The number of rotatable bonds is 6. The van der Waals surface area contributed by atoms with E-state index < -0.39 is 5.82 Å². The molecule has 1 atom stereocenters. The van der Waals surface area contributed by atoms with Crippen molar-refractivity contribution in [2.45, 2.75) is 19.5 Å². The summed E-state index contributed by atoms with van der Waals surface area (Å²) >= 11 is 6.02. The Balaban J connectivity index is 1.41. The highest BCUT2D eigenvalue weighted by Gasteiger charge is 2.15. The van der Waals surface area contributed by atoms with Gasteiger partial charge in [0.15, 0.2) is 0 Å². The van der Waals surface area contributed by atoms with Gasteiger partial charge in [-0.15, -0.1) is 0 Å². The number of nitrogens with zero attached hydrogens (tertiary/aromatic N) is 2. The summed E-state index contributed by atoms with van der Waals surface area (Å²) in [6.07, 6.45) is 3.68. The summed E-state index contributed by atoms with van der Waals surface area (Å²) in [4.78, 5) is 19.8. The summed E-state index contributed by atoms with van der Waals surface area (Å²) < 4.78 is 15.9. The number of hydrogen-bond acceptors (Lipinski definition) is 3. The smallest absolute Gasteiger partial charge is 0.253 e. The highest BCUT2D eigenvalue weighted by molar-refractivity contribution is 6.35. The van der Waals surface area contributed by atoms with Crippen LogP contribution < -0.4 is 10.9 Å². The van der Waals surface area contributed by atoms with Gasteiger partial charge in [0.25, 0.3) is 5.56 Å². The van der Waals surface area contributed by atoms with E-state index in [1.54, 1.807) is 12.1 Å².